The van der Waals surface area contributed by atoms with E-state index >= 15 is 0 Å². The second-order valence-electron chi connectivity index (χ2n) is 4.73. The number of carbonyl (C=O) groups excluding carboxylic acids is 1. The van der Waals surface area contributed by atoms with Crippen LogP contribution >= 0.6 is 11.3 Å². The number of hydrogen-bond donors (Lipinski definition) is 1. The van der Waals surface area contributed by atoms with Crippen LogP contribution in [0.15, 0.2) is 12.1 Å². The molecule has 1 aliphatic heterocycles. The Morgan fingerprint density at radius 2 is 2.17 bits per heavy atom. The molecule has 1 aromatic rings. The van der Waals surface area contributed by atoms with Crippen LogP contribution in [-0.2, 0) is 17.8 Å². The number of carbonyl (C=O) groups is 1. The maximum absolute atomic E-state index is 12.3. The number of likely N-dealkylation sites (N-methyl/N-ethyl adjacent to an activating group) is 1. The summed E-state index contributed by atoms with van der Waals surface area (Å²) in [5.74, 6) is 0.273. The minimum absolute atomic E-state index is 0.0364. The smallest absolute Gasteiger partial charge is 0.240 e. The predicted molar refractivity (Wildman–Crippen MR) is 75.8 cm³/mol. The largest absolute Gasteiger partial charge is 0.336 e. The minimum Gasteiger partial charge on any atom is -0.336 e. The van der Waals surface area contributed by atoms with E-state index in [1.807, 2.05) is 16.2 Å². The molecule has 1 N–H and O–H groups in total. The molecule has 1 amide bonds. The third kappa shape index (κ3) is 3.12. The normalized spacial score (nSPS) is 20.4. The Balaban J connectivity index is 1.97. The molecule has 1 fully saturated rings. The lowest BCUT2D eigenvalue weighted by molar-refractivity contribution is -0.136. The summed E-state index contributed by atoms with van der Waals surface area (Å²) in [6.45, 7) is 6.77. The number of hydrogen-bond acceptors (Lipinski definition) is 3. The number of piperidine rings is 1. The van der Waals surface area contributed by atoms with Crippen LogP contribution in [0, 0.1) is 0 Å². The summed E-state index contributed by atoms with van der Waals surface area (Å²) in [7, 11) is 0. The molecule has 100 valence electrons. The molecular weight excluding hydrogens is 244 g/mol. The summed E-state index contributed by atoms with van der Waals surface area (Å²) >= 11 is 1.83. The third-order valence-corrected chi connectivity index (χ3v) is 4.61. The van der Waals surface area contributed by atoms with Crippen molar-refractivity contribution in [3.63, 3.8) is 0 Å². The maximum atomic E-state index is 12.3. The Morgan fingerprint density at radius 1 is 1.39 bits per heavy atom. The summed E-state index contributed by atoms with van der Waals surface area (Å²) in [4.78, 5) is 17.0. The van der Waals surface area contributed by atoms with Crippen molar-refractivity contribution in [1.82, 2.24) is 10.2 Å². The molecule has 1 atom stereocenters. The highest BCUT2D eigenvalue weighted by molar-refractivity contribution is 7.11. The van der Waals surface area contributed by atoms with E-state index in [1.165, 1.54) is 9.75 Å². The first-order chi connectivity index (χ1) is 8.74. The maximum Gasteiger partial charge on any atom is 0.240 e. The molecule has 1 aliphatic rings. The molecule has 0 saturated carbocycles. The summed E-state index contributed by atoms with van der Waals surface area (Å²) in [6, 6.07) is 4.37. The molecule has 0 aliphatic carbocycles. The topological polar surface area (TPSA) is 32.3 Å². The van der Waals surface area contributed by atoms with Gasteiger partial charge in [-0.05, 0) is 37.9 Å². The number of amides is 1. The van der Waals surface area contributed by atoms with Gasteiger partial charge in [-0.2, -0.15) is 0 Å². The molecule has 3 nitrogen and oxygen atoms in total. The predicted octanol–water partition coefficient (Wildman–Crippen LogP) is 2.41. The molecular formula is C14H22N2OS. The van der Waals surface area contributed by atoms with Gasteiger partial charge in [0.25, 0.3) is 0 Å². The zero-order chi connectivity index (χ0) is 13.0. The third-order valence-electron chi connectivity index (χ3n) is 3.39. The van der Waals surface area contributed by atoms with Gasteiger partial charge in [0.2, 0.25) is 5.91 Å². The molecule has 4 heteroatoms. The van der Waals surface area contributed by atoms with E-state index in [0.29, 0.717) is 0 Å². The minimum atomic E-state index is 0.0364. The molecule has 18 heavy (non-hydrogen) atoms. The van der Waals surface area contributed by atoms with Gasteiger partial charge in [-0.1, -0.05) is 13.8 Å². The van der Waals surface area contributed by atoms with Gasteiger partial charge in [0.15, 0.2) is 0 Å². The van der Waals surface area contributed by atoms with Crippen LogP contribution in [0.2, 0.25) is 0 Å². The average Bonchev–Trinajstić information content (AvgIpc) is 2.82. The van der Waals surface area contributed by atoms with Crippen molar-refractivity contribution in [2.45, 2.75) is 45.7 Å². The van der Waals surface area contributed by atoms with E-state index in [1.54, 1.807) is 0 Å². The standard InChI is InChI=1S/C14H22N2OS/c1-3-11-7-8-12(18-11)10-16-9-5-6-13(14(16)17)15-4-2/h7-8,13,15H,3-6,9-10H2,1-2H3. The highest BCUT2D eigenvalue weighted by Crippen LogP contribution is 2.21. The molecule has 0 radical (unpaired) electrons. The molecule has 0 spiro atoms. The van der Waals surface area contributed by atoms with Gasteiger partial charge in [-0.25, -0.2) is 0 Å². The Labute approximate surface area is 113 Å². The summed E-state index contributed by atoms with van der Waals surface area (Å²) < 4.78 is 0. The van der Waals surface area contributed by atoms with E-state index in [9.17, 15) is 4.79 Å². The Bertz CT molecular complexity index is 400. The number of nitrogens with zero attached hydrogens (tertiary/aromatic N) is 1. The van der Waals surface area contributed by atoms with Gasteiger partial charge >= 0.3 is 0 Å². The zero-order valence-electron chi connectivity index (χ0n) is 11.2. The SMILES string of the molecule is CCNC1CCCN(Cc2ccc(CC)s2)C1=O. The van der Waals surface area contributed by atoms with Crippen LogP contribution in [0.1, 0.15) is 36.4 Å². The second kappa shape index (κ2) is 6.34. The quantitative estimate of drug-likeness (QED) is 0.887. The van der Waals surface area contributed by atoms with Gasteiger partial charge in [0.1, 0.15) is 0 Å². The van der Waals surface area contributed by atoms with Crippen molar-refractivity contribution < 1.29 is 4.79 Å². The molecule has 2 rings (SSSR count). The van der Waals surface area contributed by atoms with E-state index in [0.717, 1.165) is 38.9 Å². The summed E-state index contributed by atoms with van der Waals surface area (Å²) in [5.41, 5.74) is 0. The summed E-state index contributed by atoms with van der Waals surface area (Å²) in [6.07, 6.45) is 3.17. The van der Waals surface area contributed by atoms with Crippen LogP contribution in [0.25, 0.3) is 0 Å². The van der Waals surface area contributed by atoms with Crippen molar-refractivity contribution >= 4 is 17.2 Å². The lowest BCUT2D eigenvalue weighted by Gasteiger charge is -2.32. The van der Waals surface area contributed by atoms with Gasteiger partial charge in [-0.3, -0.25) is 4.79 Å². The fraction of sp³-hybridized carbons (Fsp3) is 0.643. The zero-order valence-corrected chi connectivity index (χ0v) is 12.1. The first-order valence-corrected chi connectivity index (χ1v) is 7.66. The fourth-order valence-electron chi connectivity index (χ4n) is 2.42. The number of thiophene rings is 1. The van der Waals surface area contributed by atoms with Crippen molar-refractivity contribution in [1.29, 1.82) is 0 Å². The van der Waals surface area contributed by atoms with E-state index < -0.39 is 0 Å². The molecule has 2 heterocycles. The highest BCUT2D eigenvalue weighted by atomic mass is 32.1. The Kier molecular flexibility index (Phi) is 4.78. The number of aryl methyl sites for hydroxylation is 1. The molecule has 1 unspecified atom stereocenters. The van der Waals surface area contributed by atoms with E-state index in [2.05, 4.69) is 31.3 Å². The van der Waals surface area contributed by atoms with Gasteiger partial charge in [0.05, 0.1) is 12.6 Å². The van der Waals surface area contributed by atoms with Crippen molar-refractivity contribution in [2.24, 2.45) is 0 Å². The number of likely N-dealkylation sites (tertiary alicyclic amines) is 1. The van der Waals surface area contributed by atoms with Crippen LogP contribution in [0.4, 0.5) is 0 Å². The van der Waals surface area contributed by atoms with Gasteiger partial charge in [0, 0.05) is 16.3 Å². The van der Waals surface area contributed by atoms with Crippen LogP contribution in [-0.4, -0.2) is 29.9 Å². The highest BCUT2D eigenvalue weighted by Gasteiger charge is 2.27. The Morgan fingerprint density at radius 3 is 2.83 bits per heavy atom. The molecule has 0 aromatic carbocycles. The fourth-order valence-corrected chi connectivity index (χ4v) is 3.39. The van der Waals surface area contributed by atoms with Gasteiger partial charge in [-0.15, -0.1) is 11.3 Å². The lowest BCUT2D eigenvalue weighted by Crippen LogP contribution is -2.50. The van der Waals surface area contributed by atoms with Crippen LogP contribution < -0.4 is 5.32 Å². The van der Waals surface area contributed by atoms with Crippen molar-refractivity contribution in [3.8, 4) is 0 Å². The molecule has 0 bridgehead atoms. The number of nitrogens with one attached hydrogen (secondary N) is 1. The van der Waals surface area contributed by atoms with E-state index in [4.69, 9.17) is 0 Å². The number of rotatable bonds is 5. The second-order valence-corrected chi connectivity index (χ2v) is 5.99. The molecule has 1 aromatic heterocycles. The van der Waals surface area contributed by atoms with E-state index in [-0.39, 0.29) is 11.9 Å². The van der Waals surface area contributed by atoms with Gasteiger partial charge < -0.3 is 10.2 Å². The molecule has 1 saturated heterocycles. The van der Waals surface area contributed by atoms with Crippen molar-refractivity contribution in [3.05, 3.63) is 21.9 Å². The Hall–Kier alpha value is -0.870. The van der Waals surface area contributed by atoms with Crippen molar-refractivity contribution in [2.75, 3.05) is 13.1 Å². The first kappa shape index (κ1) is 13.6. The summed E-state index contributed by atoms with van der Waals surface area (Å²) in [5, 5.41) is 3.28. The van der Waals surface area contributed by atoms with Crippen LogP contribution in [0.5, 0.6) is 0 Å². The monoisotopic (exact) mass is 266 g/mol. The first-order valence-electron chi connectivity index (χ1n) is 6.84. The lowest BCUT2D eigenvalue weighted by atomic mass is 10.0. The average molecular weight is 266 g/mol. The van der Waals surface area contributed by atoms with Crippen LogP contribution in [0.3, 0.4) is 0 Å².